The molecule has 0 spiro atoms. The minimum Gasteiger partial charge on any atom is -0.491 e. The van der Waals surface area contributed by atoms with E-state index in [1.54, 1.807) is 12.1 Å². The van der Waals surface area contributed by atoms with Gasteiger partial charge in [-0.05, 0) is 155 Å². The van der Waals surface area contributed by atoms with E-state index in [0.717, 1.165) is 55.3 Å². The molecule has 0 atom stereocenters. The van der Waals surface area contributed by atoms with E-state index < -0.39 is 0 Å². The molecular weight excluding hydrogens is 502 g/mol. The first kappa shape index (κ1) is 29.5. The van der Waals surface area contributed by atoms with Gasteiger partial charge < -0.3 is 9.47 Å². The Bertz CT molecular complexity index is 1060. The van der Waals surface area contributed by atoms with Crippen LogP contribution in [0, 0.1) is 23.5 Å². The van der Waals surface area contributed by atoms with Gasteiger partial charge in [-0.15, -0.1) is 0 Å². The lowest BCUT2D eigenvalue weighted by atomic mass is 9.69. The van der Waals surface area contributed by atoms with Crippen LogP contribution in [0.15, 0.2) is 36.4 Å². The van der Waals surface area contributed by atoms with E-state index in [1.807, 2.05) is 19.1 Å². The van der Waals surface area contributed by atoms with E-state index >= 15 is 4.39 Å². The van der Waals surface area contributed by atoms with Crippen molar-refractivity contribution in [3.8, 4) is 5.75 Å². The molecule has 220 valence electrons. The van der Waals surface area contributed by atoms with Gasteiger partial charge in [-0.1, -0.05) is 31.5 Å². The molecular formula is C36H50F2O2. The quantitative estimate of drug-likeness (QED) is 0.273. The molecule has 3 fully saturated rings. The molecule has 0 unspecified atom stereocenters. The predicted molar refractivity (Wildman–Crippen MR) is 159 cm³/mol. The van der Waals surface area contributed by atoms with Crippen LogP contribution in [0.2, 0.25) is 0 Å². The summed E-state index contributed by atoms with van der Waals surface area (Å²) in [5.41, 5.74) is 3.12. The molecule has 3 aliphatic carbocycles. The fraction of sp³-hybridized carbons (Fsp3) is 0.667. The number of benzene rings is 2. The second kappa shape index (κ2) is 14.3. The first-order chi connectivity index (χ1) is 19.6. The van der Waals surface area contributed by atoms with Crippen LogP contribution in [0.3, 0.4) is 0 Å². The van der Waals surface area contributed by atoms with Crippen LogP contribution < -0.4 is 4.74 Å². The van der Waals surface area contributed by atoms with Crippen molar-refractivity contribution in [2.24, 2.45) is 11.8 Å². The van der Waals surface area contributed by atoms with Gasteiger partial charge in [-0.2, -0.15) is 0 Å². The molecule has 5 rings (SSSR count). The average Bonchev–Trinajstić information content (AvgIpc) is 2.99. The van der Waals surface area contributed by atoms with Crippen molar-refractivity contribution in [1.29, 1.82) is 0 Å². The normalized spacial score (nSPS) is 29.3. The lowest BCUT2D eigenvalue weighted by Crippen LogP contribution is -2.28. The zero-order valence-corrected chi connectivity index (χ0v) is 24.8. The largest absolute Gasteiger partial charge is 0.491 e. The van der Waals surface area contributed by atoms with Crippen molar-refractivity contribution < 1.29 is 18.3 Å². The molecule has 0 radical (unpaired) electrons. The zero-order chi connectivity index (χ0) is 27.9. The molecule has 0 saturated heterocycles. The molecule has 2 aromatic carbocycles. The first-order valence-corrected chi connectivity index (χ1v) is 16.4. The number of hydrogen-bond acceptors (Lipinski definition) is 2. The van der Waals surface area contributed by atoms with Crippen LogP contribution in [0.4, 0.5) is 8.78 Å². The highest BCUT2D eigenvalue weighted by Crippen LogP contribution is 2.45. The van der Waals surface area contributed by atoms with Crippen LogP contribution in [-0.4, -0.2) is 19.3 Å². The topological polar surface area (TPSA) is 18.5 Å². The number of rotatable bonds is 10. The van der Waals surface area contributed by atoms with E-state index in [1.165, 1.54) is 69.8 Å². The Morgan fingerprint density at radius 2 is 1.20 bits per heavy atom. The Morgan fingerprint density at radius 1 is 0.650 bits per heavy atom. The molecule has 4 heteroatoms. The minimum absolute atomic E-state index is 0.0171. The summed E-state index contributed by atoms with van der Waals surface area (Å²) < 4.78 is 41.2. The van der Waals surface area contributed by atoms with Crippen molar-refractivity contribution in [2.75, 3.05) is 13.2 Å². The lowest BCUT2D eigenvalue weighted by molar-refractivity contribution is 0.00675. The third-order valence-corrected chi connectivity index (χ3v) is 10.4. The average molecular weight is 553 g/mol. The Balaban J connectivity index is 1.09. The van der Waals surface area contributed by atoms with Gasteiger partial charge in [0.25, 0.3) is 0 Å². The molecule has 0 aliphatic heterocycles. The SMILES string of the molecule is CCCCOC1CCC(C2CCC(c3ccc(C4CCC(c5ccc(OCC)c(F)c5)CC4)c(F)c3)CC2)CC1. The van der Waals surface area contributed by atoms with Crippen molar-refractivity contribution in [3.63, 3.8) is 0 Å². The molecule has 2 nitrogen and oxygen atoms in total. The Morgan fingerprint density at radius 3 is 1.77 bits per heavy atom. The molecule has 0 aromatic heterocycles. The highest BCUT2D eigenvalue weighted by molar-refractivity contribution is 5.33. The molecule has 2 aromatic rings. The summed E-state index contributed by atoms with van der Waals surface area (Å²) in [5.74, 6) is 2.83. The molecule has 0 N–H and O–H groups in total. The van der Waals surface area contributed by atoms with Gasteiger partial charge >= 0.3 is 0 Å². The zero-order valence-electron chi connectivity index (χ0n) is 24.8. The second-order valence-electron chi connectivity index (χ2n) is 12.8. The highest BCUT2D eigenvalue weighted by Gasteiger charge is 2.32. The van der Waals surface area contributed by atoms with Crippen LogP contribution in [-0.2, 0) is 4.74 Å². The highest BCUT2D eigenvalue weighted by atomic mass is 19.1. The van der Waals surface area contributed by atoms with E-state index in [2.05, 4.69) is 19.1 Å². The Hall–Kier alpha value is -1.94. The van der Waals surface area contributed by atoms with Crippen LogP contribution in [0.25, 0.3) is 0 Å². The number of hydrogen-bond donors (Lipinski definition) is 0. The van der Waals surface area contributed by atoms with Crippen molar-refractivity contribution in [1.82, 2.24) is 0 Å². The van der Waals surface area contributed by atoms with Crippen molar-refractivity contribution in [3.05, 3.63) is 64.7 Å². The van der Waals surface area contributed by atoms with Gasteiger partial charge in [-0.25, -0.2) is 8.78 Å². The van der Waals surface area contributed by atoms with Gasteiger partial charge in [0.1, 0.15) is 5.82 Å². The molecule has 40 heavy (non-hydrogen) atoms. The smallest absolute Gasteiger partial charge is 0.165 e. The van der Waals surface area contributed by atoms with Gasteiger partial charge in [-0.3, -0.25) is 0 Å². The van der Waals surface area contributed by atoms with Crippen LogP contribution in [0.5, 0.6) is 5.75 Å². The van der Waals surface area contributed by atoms with Gasteiger partial charge in [0.2, 0.25) is 0 Å². The molecule has 0 bridgehead atoms. The van der Waals surface area contributed by atoms with E-state index in [4.69, 9.17) is 9.47 Å². The third kappa shape index (κ3) is 7.27. The maximum atomic E-state index is 15.4. The molecule has 3 aliphatic rings. The van der Waals surface area contributed by atoms with Crippen LogP contribution >= 0.6 is 0 Å². The second-order valence-corrected chi connectivity index (χ2v) is 12.8. The van der Waals surface area contributed by atoms with E-state index in [-0.39, 0.29) is 17.6 Å². The molecule has 0 heterocycles. The van der Waals surface area contributed by atoms with Crippen molar-refractivity contribution >= 4 is 0 Å². The van der Waals surface area contributed by atoms with Crippen LogP contribution in [0.1, 0.15) is 138 Å². The Kier molecular flexibility index (Phi) is 10.6. The summed E-state index contributed by atoms with van der Waals surface area (Å²) in [4.78, 5) is 0. The number of halogens is 2. The van der Waals surface area contributed by atoms with Gasteiger partial charge in [0.05, 0.1) is 12.7 Å². The van der Waals surface area contributed by atoms with E-state index in [0.29, 0.717) is 30.3 Å². The standard InChI is InChI=1S/C36H50F2O2/c1-3-5-22-40-32-18-14-26(15-19-32)25-6-8-27(9-7-25)30-16-20-33(34(37)23-30)29-12-10-28(11-13-29)31-17-21-36(39-4-2)35(38)24-31/h16-17,20-21,23-29,32H,3-15,18-19,22H2,1-2H3. The molecule has 3 saturated carbocycles. The summed E-state index contributed by atoms with van der Waals surface area (Å²) in [6.07, 6.45) is 16.8. The summed E-state index contributed by atoms with van der Waals surface area (Å²) in [6.45, 7) is 5.48. The molecule has 0 amide bonds. The van der Waals surface area contributed by atoms with E-state index in [9.17, 15) is 4.39 Å². The fourth-order valence-electron chi connectivity index (χ4n) is 7.95. The minimum atomic E-state index is -0.281. The number of ether oxygens (including phenoxy) is 2. The monoisotopic (exact) mass is 552 g/mol. The lowest BCUT2D eigenvalue weighted by Gasteiger charge is -2.38. The van der Waals surface area contributed by atoms with Gasteiger partial charge in [0.15, 0.2) is 11.6 Å². The fourth-order valence-corrected chi connectivity index (χ4v) is 7.95. The predicted octanol–water partition coefficient (Wildman–Crippen LogP) is 10.5. The maximum Gasteiger partial charge on any atom is 0.165 e. The summed E-state index contributed by atoms with van der Waals surface area (Å²) >= 11 is 0. The first-order valence-electron chi connectivity index (χ1n) is 16.4. The summed E-state index contributed by atoms with van der Waals surface area (Å²) in [7, 11) is 0. The Labute approximate surface area is 241 Å². The maximum absolute atomic E-state index is 15.4. The number of unbranched alkanes of at least 4 members (excludes halogenated alkanes) is 1. The third-order valence-electron chi connectivity index (χ3n) is 10.4. The summed E-state index contributed by atoms with van der Waals surface area (Å²) in [5, 5.41) is 0. The summed E-state index contributed by atoms with van der Waals surface area (Å²) in [6, 6.07) is 11.5. The van der Waals surface area contributed by atoms with Gasteiger partial charge in [0, 0.05) is 6.61 Å². The van der Waals surface area contributed by atoms with Crippen molar-refractivity contribution in [2.45, 2.75) is 128 Å².